The Balaban J connectivity index is 1.96. The maximum absolute atomic E-state index is 12.0. The number of hydrogen-bond acceptors (Lipinski definition) is 2. The predicted molar refractivity (Wildman–Crippen MR) is 79.6 cm³/mol. The van der Waals surface area contributed by atoms with Gasteiger partial charge in [0.15, 0.2) is 0 Å². The third-order valence-corrected chi connectivity index (χ3v) is 3.42. The summed E-state index contributed by atoms with van der Waals surface area (Å²) in [6, 6.07) is 11.9. The Morgan fingerprint density at radius 1 is 1.15 bits per heavy atom. The van der Waals surface area contributed by atoms with E-state index < -0.39 is 6.61 Å². The van der Waals surface area contributed by atoms with Crippen molar-refractivity contribution in [2.24, 2.45) is 0 Å². The van der Waals surface area contributed by atoms with Gasteiger partial charge in [0.25, 0.3) is 0 Å². The summed E-state index contributed by atoms with van der Waals surface area (Å²) in [5.41, 5.74) is 1.74. The van der Waals surface area contributed by atoms with Crippen LogP contribution in [-0.2, 0) is 6.54 Å². The van der Waals surface area contributed by atoms with Gasteiger partial charge in [-0.3, -0.25) is 0 Å². The van der Waals surface area contributed by atoms with Gasteiger partial charge in [0.1, 0.15) is 5.75 Å². The minimum absolute atomic E-state index is 0.132. The van der Waals surface area contributed by atoms with Crippen molar-refractivity contribution in [3.8, 4) is 5.75 Å². The third-order valence-electron chi connectivity index (χ3n) is 2.58. The second kappa shape index (κ2) is 6.90. The lowest BCUT2D eigenvalue weighted by molar-refractivity contribution is -0.0498. The molecule has 0 saturated heterocycles. The van der Waals surface area contributed by atoms with Crippen LogP contribution >= 0.6 is 27.5 Å². The van der Waals surface area contributed by atoms with E-state index in [9.17, 15) is 8.78 Å². The van der Waals surface area contributed by atoms with Crippen LogP contribution in [0.25, 0.3) is 0 Å². The Kier molecular flexibility index (Phi) is 5.20. The van der Waals surface area contributed by atoms with Gasteiger partial charge in [-0.25, -0.2) is 0 Å². The molecule has 6 heteroatoms. The molecule has 0 aliphatic carbocycles. The molecule has 0 radical (unpaired) electrons. The van der Waals surface area contributed by atoms with Crippen LogP contribution in [0.15, 0.2) is 46.9 Å². The van der Waals surface area contributed by atoms with E-state index in [1.807, 2.05) is 18.2 Å². The number of alkyl halides is 2. The van der Waals surface area contributed by atoms with Crippen molar-refractivity contribution >= 4 is 33.2 Å². The van der Waals surface area contributed by atoms with Gasteiger partial charge in [0, 0.05) is 21.7 Å². The van der Waals surface area contributed by atoms with Gasteiger partial charge in [0.05, 0.1) is 0 Å². The van der Waals surface area contributed by atoms with Gasteiger partial charge in [-0.15, -0.1) is 0 Å². The molecule has 0 unspecified atom stereocenters. The molecule has 0 bridgehead atoms. The van der Waals surface area contributed by atoms with Crippen LogP contribution in [0.4, 0.5) is 14.5 Å². The lowest BCUT2D eigenvalue weighted by atomic mass is 10.2. The van der Waals surface area contributed by atoms with E-state index in [0.29, 0.717) is 11.6 Å². The Bertz CT molecular complexity index is 578. The molecular formula is C14H11BrClF2NO. The monoisotopic (exact) mass is 361 g/mol. The number of nitrogens with one attached hydrogen (secondary N) is 1. The molecule has 0 amide bonds. The molecule has 2 aromatic rings. The first-order valence-electron chi connectivity index (χ1n) is 5.77. The maximum Gasteiger partial charge on any atom is 0.387 e. The topological polar surface area (TPSA) is 21.3 Å². The maximum atomic E-state index is 12.0. The fourth-order valence-electron chi connectivity index (χ4n) is 1.62. The number of ether oxygens (including phenoxy) is 1. The molecule has 1 N–H and O–H groups in total. The minimum atomic E-state index is -2.81. The van der Waals surface area contributed by atoms with Gasteiger partial charge in [-0.1, -0.05) is 33.6 Å². The zero-order valence-corrected chi connectivity index (χ0v) is 12.6. The molecule has 106 valence electrons. The van der Waals surface area contributed by atoms with Crippen LogP contribution in [0.1, 0.15) is 5.56 Å². The summed E-state index contributed by atoms with van der Waals surface area (Å²) >= 11 is 9.44. The molecule has 0 saturated carbocycles. The Labute approximate surface area is 128 Å². The molecule has 0 aliphatic rings. The number of rotatable bonds is 5. The van der Waals surface area contributed by atoms with E-state index in [4.69, 9.17) is 11.6 Å². The molecule has 2 aromatic carbocycles. The summed E-state index contributed by atoms with van der Waals surface area (Å²) < 4.78 is 29.2. The first-order valence-corrected chi connectivity index (χ1v) is 6.94. The van der Waals surface area contributed by atoms with E-state index in [0.717, 1.165) is 15.7 Å². The number of hydrogen-bond donors (Lipinski definition) is 1. The van der Waals surface area contributed by atoms with Crippen LogP contribution in [0.5, 0.6) is 5.75 Å². The van der Waals surface area contributed by atoms with Crippen molar-refractivity contribution in [2.75, 3.05) is 5.32 Å². The number of benzene rings is 2. The molecular weight excluding hydrogens is 352 g/mol. The zero-order valence-electron chi connectivity index (χ0n) is 10.2. The first kappa shape index (κ1) is 15.1. The predicted octanol–water partition coefficient (Wildman–Crippen LogP) is 5.32. The zero-order chi connectivity index (χ0) is 14.5. The molecule has 0 atom stereocenters. The fourth-order valence-corrected chi connectivity index (χ4v) is 2.36. The summed E-state index contributed by atoms with van der Waals surface area (Å²) in [5, 5.41) is 3.82. The van der Waals surface area contributed by atoms with Crippen molar-refractivity contribution in [3.05, 3.63) is 57.5 Å². The quantitative estimate of drug-likeness (QED) is 0.777. The van der Waals surface area contributed by atoms with Gasteiger partial charge < -0.3 is 10.1 Å². The van der Waals surface area contributed by atoms with Crippen molar-refractivity contribution in [3.63, 3.8) is 0 Å². The van der Waals surface area contributed by atoms with Gasteiger partial charge >= 0.3 is 6.61 Å². The lowest BCUT2D eigenvalue weighted by Crippen LogP contribution is -2.03. The van der Waals surface area contributed by atoms with Crippen LogP contribution in [-0.4, -0.2) is 6.61 Å². The van der Waals surface area contributed by atoms with E-state index in [1.165, 1.54) is 12.1 Å². The van der Waals surface area contributed by atoms with Gasteiger partial charge in [0.2, 0.25) is 0 Å². The summed E-state index contributed by atoms with van der Waals surface area (Å²) in [4.78, 5) is 0. The molecule has 0 aromatic heterocycles. The summed E-state index contributed by atoms with van der Waals surface area (Å²) in [6.45, 7) is -2.27. The Morgan fingerprint density at radius 2 is 1.85 bits per heavy atom. The standard InChI is InChI=1S/C14H11BrClF2NO/c15-10-2-1-9(13(16)7-10)8-19-11-3-5-12(6-4-11)20-14(17)18/h1-7,14,19H,8H2. The minimum Gasteiger partial charge on any atom is -0.435 e. The summed E-state index contributed by atoms with van der Waals surface area (Å²) in [6.07, 6.45) is 0. The van der Waals surface area contributed by atoms with E-state index in [-0.39, 0.29) is 5.75 Å². The van der Waals surface area contributed by atoms with Crippen LogP contribution in [0, 0.1) is 0 Å². The molecule has 0 aliphatic heterocycles. The molecule has 20 heavy (non-hydrogen) atoms. The van der Waals surface area contributed by atoms with Gasteiger partial charge in [-0.2, -0.15) is 8.78 Å². The number of anilines is 1. The molecule has 0 fully saturated rings. The smallest absolute Gasteiger partial charge is 0.387 e. The van der Waals surface area contributed by atoms with Gasteiger partial charge in [-0.05, 0) is 42.0 Å². The lowest BCUT2D eigenvalue weighted by Gasteiger charge is -2.09. The largest absolute Gasteiger partial charge is 0.435 e. The molecule has 0 heterocycles. The van der Waals surface area contributed by atoms with Crippen LogP contribution in [0.2, 0.25) is 5.02 Å². The normalized spacial score (nSPS) is 10.7. The fraction of sp³-hybridized carbons (Fsp3) is 0.143. The Morgan fingerprint density at radius 3 is 2.45 bits per heavy atom. The second-order valence-corrected chi connectivity index (χ2v) is 5.32. The second-order valence-electron chi connectivity index (χ2n) is 3.99. The first-order chi connectivity index (χ1) is 9.54. The summed E-state index contributed by atoms with van der Waals surface area (Å²) in [5.74, 6) is 0.132. The summed E-state index contributed by atoms with van der Waals surface area (Å²) in [7, 11) is 0. The average Bonchev–Trinajstić information content (AvgIpc) is 2.39. The molecule has 0 spiro atoms. The highest BCUT2D eigenvalue weighted by molar-refractivity contribution is 9.10. The SMILES string of the molecule is FC(F)Oc1ccc(NCc2ccc(Br)cc2Cl)cc1. The van der Waals surface area contributed by atoms with Crippen molar-refractivity contribution in [1.29, 1.82) is 0 Å². The van der Waals surface area contributed by atoms with Crippen LogP contribution in [0.3, 0.4) is 0 Å². The highest BCUT2D eigenvalue weighted by Crippen LogP contribution is 2.23. The van der Waals surface area contributed by atoms with E-state index in [2.05, 4.69) is 26.0 Å². The average molecular weight is 363 g/mol. The van der Waals surface area contributed by atoms with Crippen molar-refractivity contribution < 1.29 is 13.5 Å². The van der Waals surface area contributed by atoms with Crippen molar-refractivity contribution in [2.45, 2.75) is 13.2 Å². The van der Waals surface area contributed by atoms with E-state index >= 15 is 0 Å². The van der Waals surface area contributed by atoms with E-state index in [1.54, 1.807) is 12.1 Å². The van der Waals surface area contributed by atoms with Crippen molar-refractivity contribution in [1.82, 2.24) is 0 Å². The molecule has 2 rings (SSSR count). The molecule has 2 nitrogen and oxygen atoms in total. The Hall–Kier alpha value is -1.33. The highest BCUT2D eigenvalue weighted by Gasteiger charge is 2.04. The number of halogens is 4. The van der Waals surface area contributed by atoms with Crippen LogP contribution < -0.4 is 10.1 Å². The highest BCUT2D eigenvalue weighted by atomic mass is 79.9. The third kappa shape index (κ3) is 4.35.